The van der Waals surface area contributed by atoms with Gasteiger partial charge in [0.05, 0.1) is 11.1 Å². The first kappa shape index (κ1) is 15.3. The lowest BCUT2D eigenvalue weighted by Crippen LogP contribution is -2.22. The van der Waals surface area contributed by atoms with Gasteiger partial charge in [-0.1, -0.05) is 43.8 Å². The summed E-state index contributed by atoms with van der Waals surface area (Å²) in [5, 5.41) is 1.88. The molecule has 0 aliphatic heterocycles. The summed E-state index contributed by atoms with van der Waals surface area (Å²) in [6, 6.07) is 9.75. The highest BCUT2D eigenvalue weighted by Gasteiger charge is 2.18. The molecule has 114 valence electrons. The Hall–Kier alpha value is -1.59. The minimum absolute atomic E-state index is 0.0289. The molecule has 0 unspecified atom stereocenters. The van der Waals surface area contributed by atoms with Gasteiger partial charge in [0.1, 0.15) is 4.83 Å². The topological polar surface area (TPSA) is 34.9 Å². The van der Waals surface area contributed by atoms with Gasteiger partial charge in [-0.05, 0) is 31.5 Å². The Kier molecular flexibility index (Phi) is 4.10. The molecular weight excluding hydrogens is 312 g/mol. The summed E-state index contributed by atoms with van der Waals surface area (Å²) in [5.41, 5.74) is 1.94. The van der Waals surface area contributed by atoms with Gasteiger partial charge in [0.15, 0.2) is 5.16 Å². The van der Waals surface area contributed by atoms with Crippen LogP contribution < -0.4 is 5.56 Å². The molecule has 0 radical (unpaired) electrons. The first-order chi connectivity index (χ1) is 10.5. The number of hydrogen-bond acceptors (Lipinski definition) is 4. The molecule has 0 aliphatic rings. The quantitative estimate of drug-likeness (QED) is 0.521. The Balaban J connectivity index is 2.38. The van der Waals surface area contributed by atoms with Crippen molar-refractivity contribution in [1.29, 1.82) is 0 Å². The van der Waals surface area contributed by atoms with Crippen molar-refractivity contribution in [2.45, 2.75) is 38.1 Å². The first-order valence-corrected chi connectivity index (χ1v) is 8.93. The molecule has 2 heterocycles. The van der Waals surface area contributed by atoms with Crippen LogP contribution in [0.2, 0.25) is 0 Å². The second kappa shape index (κ2) is 5.89. The predicted octanol–water partition coefficient (Wildman–Crippen LogP) is 4.56. The molecule has 5 heteroatoms. The Morgan fingerprint density at radius 2 is 1.86 bits per heavy atom. The summed E-state index contributed by atoms with van der Waals surface area (Å²) in [7, 11) is 0. The van der Waals surface area contributed by atoms with Gasteiger partial charge in [0.25, 0.3) is 5.56 Å². The maximum absolute atomic E-state index is 13.1. The normalized spacial score (nSPS) is 11.5. The number of fused-ring (bicyclic) bond motifs is 1. The molecule has 3 aromatic rings. The standard InChI is InChI=1S/C17H18N2OS2/c1-10(2)21-17-18-15-14(11(3)12(4)22-15)16(20)19(17)13-8-6-5-7-9-13/h5-10H,1-4H3. The molecule has 0 aliphatic carbocycles. The van der Waals surface area contributed by atoms with Crippen molar-refractivity contribution in [2.75, 3.05) is 0 Å². The van der Waals surface area contributed by atoms with Crippen molar-refractivity contribution in [2.24, 2.45) is 0 Å². The van der Waals surface area contributed by atoms with Crippen molar-refractivity contribution < 1.29 is 0 Å². The summed E-state index contributed by atoms with van der Waals surface area (Å²) in [4.78, 5) is 19.9. The van der Waals surface area contributed by atoms with E-state index in [1.54, 1.807) is 27.7 Å². The van der Waals surface area contributed by atoms with E-state index < -0.39 is 0 Å². The summed E-state index contributed by atoms with van der Waals surface area (Å²) in [5.74, 6) is 0. The van der Waals surface area contributed by atoms with E-state index in [0.717, 1.165) is 31.5 Å². The largest absolute Gasteiger partial charge is 0.268 e. The van der Waals surface area contributed by atoms with Gasteiger partial charge in [0, 0.05) is 10.1 Å². The third-order valence-corrected chi connectivity index (χ3v) is 5.58. The first-order valence-electron chi connectivity index (χ1n) is 7.24. The average Bonchev–Trinajstić information content (AvgIpc) is 2.74. The number of hydrogen-bond donors (Lipinski definition) is 0. The number of benzene rings is 1. The molecule has 0 saturated heterocycles. The summed E-state index contributed by atoms with van der Waals surface area (Å²) in [6.07, 6.45) is 0. The molecule has 0 atom stereocenters. The Morgan fingerprint density at radius 1 is 1.18 bits per heavy atom. The lowest BCUT2D eigenvalue weighted by atomic mass is 10.2. The zero-order valence-corrected chi connectivity index (χ0v) is 14.7. The van der Waals surface area contributed by atoms with E-state index in [1.165, 1.54) is 0 Å². The van der Waals surface area contributed by atoms with E-state index in [9.17, 15) is 4.79 Å². The zero-order chi connectivity index (χ0) is 15.9. The molecule has 3 rings (SSSR count). The number of para-hydroxylation sites is 1. The fourth-order valence-electron chi connectivity index (χ4n) is 2.37. The van der Waals surface area contributed by atoms with Gasteiger partial charge in [-0.15, -0.1) is 11.3 Å². The van der Waals surface area contributed by atoms with Crippen LogP contribution in [-0.4, -0.2) is 14.8 Å². The second-order valence-electron chi connectivity index (χ2n) is 5.50. The number of thiophene rings is 1. The lowest BCUT2D eigenvalue weighted by molar-refractivity contribution is 0.818. The molecule has 0 saturated carbocycles. The molecule has 3 nitrogen and oxygen atoms in total. The summed E-state index contributed by atoms with van der Waals surface area (Å²) < 4.78 is 1.74. The van der Waals surface area contributed by atoms with Crippen LogP contribution in [0.3, 0.4) is 0 Å². The van der Waals surface area contributed by atoms with Gasteiger partial charge >= 0.3 is 0 Å². The van der Waals surface area contributed by atoms with E-state index in [0.29, 0.717) is 5.25 Å². The van der Waals surface area contributed by atoms with Crippen LogP contribution in [-0.2, 0) is 0 Å². The van der Waals surface area contributed by atoms with E-state index in [2.05, 4.69) is 13.8 Å². The molecular formula is C17H18N2OS2. The minimum Gasteiger partial charge on any atom is -0.268 e. The number of thioether (sulfide) groups is 1. The maximum atomic E-state index is 13.1. The van der Waals surface area contributed by atoms with Crippen molar-refractivity contribution >= 4 is 33.3 Å². The second-order valence-corrected chi connectivity index (χ2v) is 8.25. The van der Waals surface area contributed by atoms with Crippen LogP contribution in [0, 0.1) is 13.8 Å². The molecule has 1 aromatic carbocycles. The highest BCUT2D eigenvalue weighted by molar-refractivity contribution is 7.99. The highest BCUT2D eigenvalue weighted by Crippen LogP contribution is 2.30. The van der Waals surface area contributed by atoms with Gasteiger partial charge < -0.3 is 0 Å². The summed E-state index contributed by atoms with van der Waals surface area (Å²) >= 11 is 3.22. The van der Waals surface area contributed by atoms with Crippen LogP contribution >= 0.6 is 23.1 Å². The predicted molar refractivity (Wildman–Crippen MR) is 95.7 cm³/mol. The number of nitrogens with zero attached hydrogens (tertiary/aromatic N) is 2. The van der Waals surface area contributed by atoms with Gasteiger partial charge in [-0.25, -0.2) is 4.98 Å². The van der Waals surface area contributed by atoms with E-state index in [4.69, 9.17) is 4.98 Å². The molecule has 0 spiro atoms. The molecule has 2 aromatic heterocycles. The van der Waals surface area contributed by atoms with Gasteiger partial charge in [-0.2, -0.15) is 0 Å². The van der Waals surface area contributed by atoms with Crippen molar-refractivity contribution in [1.82, 2.24) is 9.55 Å². The molecule has 0 bridgehead atoms. The number of aryl methyl sites for hydroxylation is 2. The minimum atomic E-state index is 0.0289. The van der Waals surface area contributed by atoms with Crippen LogP contribution in [0.15, 0.2) is 40.3 Å². The van der Waals surface area contributed by atoms with Crippen molar-refractivity contribution in [3.63, 3.8) is 0 Å². The Labute approximate surface area is 138 Å². The van der Waals surface area contributed by atoms with E-state index in [1.807, 2.05) is 44.2 Å². The smallest absolute Gasteiger partial charge is 0.267 e. The molecule has 0 fully saturated rings. The third-order valence-electron chi connectivity index (χ3n) is 3.53. The summed E-state index contributed by atoms with van der Waals surface area (Å²) in [6.45, 7) is 8.27. The van der Waals surface area contributed by atoms with Crippen LogP contribution in [0.1, 0.15) is 24.3 Å². The molecule has 0 amide bonds. The van der Waals surface area contributed by atoms with Gasteiger partial charge in [-0.3, -0.25) is 9.36 Å². The van der Waals surface area contributed by atoms with Crippen LogP contribution in [0.25, 0.3) is 15.9 Å². The molecule has 0 N–H and O–H groups in total. The third kappa shape index (κ3) is 2.59. The number of aromatic nitrogens is 2. The van der Waals surface area contributed by atoms with Crippen LogP contribution in [0.5, 0.6) is 0 Å². The zero-order valence-electron chi connectivity index (χ0n) is 13.1. The fourth-order valence-corrected chi connectivity index (χ4v) is 4.31. The molecule has 22 heavy (non-hydrogen) atoms. The van der Waals surface area contributed by atoms with E-state index >= 15 is 0 Å². The monoisotopic (exact) mass is 330 g/mol. The van der Waals surface area contributed by atoms with E-state index in [-0.39, 0.29) is 5.56 Å². The SMILES string of the molecule is Cc1sc2nc(SC(C)C)n(-c3ccccc3)c(=O)c2c1C. The van der Waals surface area contributed by atoms with Crippen molar-refractivity contribution in [3.8, 4) is 5.69 Å². The van der Waals surface area contributed by atoms with Crippen molar-refractivity contribution in [3.05, 3.63) is 51.1 Å². The fraction of sp³-hybridized carbons (Fsp3) is 0.294. The van der Waals surface area contributed by atoms with Gasteiger partial charge in [0.2, 0.25) is 0 Å². The average molecular weight is 330 g/mol. The highest BCUT2D eigenvalue weighted by atomic mass is 32.2. The Bertz CT molecular complexity index is 879. The lowest BCUT2D eigenvalue weighted by Gasteiger charge is -2.13. The Morgan fingerprint density at radius 3 is 2.50 bits per heavy atom. The van der Waals surface area contributed by atoms with Crippen LogP contribution in [0.4, 0.5) is 0 Å². The maximum Gasteiger partial charge on any atom is 0.267 e. The number of rotatable bonds is 3.